The van der Waals surface area contributed by atoms with Crippen LogP contribution < -0.4 is 9.64 Å². The number of benzene rings is 1. The van der Waals surface area contributed by atoms with Gasteiger partial charge in [0.05, 0.1) is 13.2 Å². The van der Waals surface area contributed by atoms with Crippen molar-refractivity contribution in [3.63, 3.8) is 0 Å². The molecule has 1 aromatic heterocycles. The molecule has 8 nitrogen and oxygen atoms in total. The van der Waals surface area contributed by atoms with Crippen molar-refractivity contribution >= 4 is 17.6 Å². The van der Waals surface area contributed by atoms with Gasteiger partial charge < -0.3 is 24.2 Å². The second kappa shape index (κ2) is 11.2. The Morgan fingerprint density at radius 2 is 1.75 bits per heavy atom. The number of piperidine rings is 1. The summed E-state index contributed by atoms with van der Waals surface area (Å²) in [7, 11) is 0. The van der Waals surface area contributed by atoms with E-state index < -0.39 is 0 Å². The molecule has 0 spiro atoms. The predicted molar refractivity (Wildman–Crippen MR) is 133 cm³/mol. The molecule has 2 atom stereocenters. The molecule has 0 bridgehead atoms. The number of morpholine rings is 1. The number of aromatic nitrogens is 1. The summed E-state index contributed by atoms with van der Waals surface area (Å²) in [4.78, 5) is 36.9. The monoisotopic (exact) mass is 496 g/mol. The van der Waals surface area contributed by atoms with E-state index in [1.807, 2.05) is 15.9 Å². The molecule has 4 heterocycles. The van der Waals surface area contributed by atoms with E-state index in [2.05, 4.69) is 9.88 Å². The van der Waals surface area contributed by atoms with Crippen molar-refractivity contribution in [3.8, 4) is 5.75 Å². The molecule has 3 aliphatic rings. The van der Waals surface area contributed by atoms with Gasteiger partial charge in [0.1, 0.15) is 23.5 Å². The summed E-state index contributed by atoms with van der Waals surface area (Å²) in [5.74, 6) is 0.893. The number of hydrogen-bond acceptors (Lipinski definition) is 6. The lowest BCUT2D eigenvalue weighted by Crippen LogP contribution is -2.50. The van der Waals surface area contributed by atoms with Crippen LogP contribution in [0.3, 0.4) is 0 Å². The van der Waals surface area contributed by atoms with Crippen LogP contribution in [-0.4, -0.2) is 85.2 Å². The highest BCUT2D eigenvalue weighted by molar-refractivity contribution is 5.95. The lowest BCUT2D eigenvalue weighted by molar-refractivity contribution is -0.137. The Bertz CT molecular complexity index is 1050. The lowest BCUT2D eigenvalue weighted by Gasteiger charge is -2.39. The Kier molecular flexibility index (Phi) is 7.65. The van der Waals surface area contributed by atoms with Crippen LogP contribution in [0, 0.1) is 11.7 Å². The van der Waals surface area contributed by atoms with Gasteiger partial charge in [0.2, 0.25) is 5.91 Å². The van der Waals surface area contributed by atoms with Crippen LogP contribution in [0.25, 0.3) is 0 Å². The van der Waals surface area contributed by atoms with Crippen molar-refractivity contribution in [2.24, 2.45) is 5.92 Å². The summed E-state index contributed by atoms with van der Waals surface area (Å²) < 4.78 is 25.0. The number of carbonyl (C=O) groups excluding carboxylic acids is 2. The molecule has 0 aliphatic carbocycles. The van der Waals surface area contributed by atoms with Crippen molar-refractivity contribution in [3.05, 3.63) is 54.0 Å². The van der Waals surface area contributed by atoms with Gasteiger partial charge in [-0.1, -0.05) is 0 Å². The normalized spacial score (nSPS) is 22.5. The summed E-state index contributed by atoms with van der Waals surface area (Å²) >= 11 is 0. The van der Waals surface area contributed by atoms with Gasteiger partial charge in [0.15, 0.2) is 0 Å². The minimum Gasteiger partial charge on any atom is -0.490 e. The maximum Gasteiger partial charge on any atom is 0.254 e. The Labute approximate surface area is 211 Å². The third-order valence-corrected chi connectivity index (χ3v) is 7.28. The molecule has 3 fully saturated rings. The molecule has 1 aromatic carbocycles. The van der Waals surface area contributed by atoms with E-state index in [1.54, 1.807) is 24.4 Å². The number of halogens is 1. The van der Waals surface area contributed by atoms with Gasteiger partial charge in [-0.2, -0.15) is 0 Å². The molecule has 0 unspecified atom stereocenters. The standard InChI is InChI=1S/C27H33FN4O4/c28-22-3-5-23(6-4-22)36-24-8-12-32(19-21(24)18-26(33)31-13-15-35-16-14-31)27(34)20-7-9-29-25(17-20)30-10-1-2-11-30/h3-7,9,17,21,24H,1-2,8,10-16,18-19H2/t21-,24-/m0/s1. The van der Waals surface area contributed by atoms with Crippen molar-refractivity contribution in [1.82, 2.24) is 14.8 Å². The van der Waals surface area contributed by atoms with Crippen LogP contribution in [0.4, 0.5) is 10.2 Å². The first kappa shape index (κ1) is 24.5. The van der Waals surface area contributed by atoms with Gasteiger partial charge in [-0.3, -0.25) is 9.59 Å². The van der Waals surface area contributed by atoms with Crippen LogP contribution in [0.5, 0.6) is 5.75 Å². The first-order valence-electron chi connectivity index (χ1n) is 12.8. The quantitative estimate of drug-likeness (QED) is 0.612. The summed E-state index contributed by atoms with van der Waals surface area (Å²) in [6.07, 6.45) is 4.60. The Balaban J connectivity index is 1.30. The van der Waals surface area contributed by atoms with E-state index in [-0.39, 0.29) is 36.1 Å². The minimum atomic E-state index is -0.326. The SMILES string of the molecule is O=C(C[C@H]1CN(C(=O)c2ccnc(N3CCCC3)c2)CC[C@@H]1Oc1ccc(F)cc1)N1CCOCC1. The molecular weight excluding hydrogens is 463 g/mol. The Morgan fingerprint density at radius 1 is 1.00 bits per heavy atom. The Hall–Kier alpha value is -3.20. The van der Waals surface area contributed by atoms with Crippen molar-refractivity contribution in [2.75, 3.05) is 57.4 Å². The van der Waals surface area contributed by atoms with E-state index in [0.29, 0.717) is 57.1 Å². The highest BCUT2D eigenvalue weighted by atomic mass is 19.1. The third kappa shape index (κ3) is 5.78. The van der Waals surface area contributed by atoms with Crippen LogP contribution in [0.1, 0.15) is 36.0 Å². The summed E-state index contributed by atoms with van der Waals surface area (Å²) in [5, 5.41) is 0. The molecule has 2 amide bonds. The molecule has 192 valence electrons. The summed E-state index contributed by atoms with van der Waals surface area (Å²) in [6, 6.07) is 9.57. The van der Waals surface area contributed by atoms with Crippen LogP contribution in [0.2, 0.25) is 0 Å². The first-order chi connectivity index (χ1) is 17.6. The van der Waals surface area contributed by atoms with Crippen LogP contribution >= 0.6 is 0 Å². The molecule has 3 aliphatic heterocycles. The predicted octanol–water partition coefficient (Wildman–Crippen LogP) is 2.98. The van der Waals surface area contributed by atoms with E-state index in [9.17, 15) is 14.0 Å². The first-order valence-corrected chi connectivity index (χ1v) is 12.8. The number of ether oxygens (including phenoxy) is 2. The fourth-order valence-electron chi connectivity index (χ4n) is 5.25. The van der Waals surface area contributed by atoms with Gasteiger partial charge in [0.25, 0.3) is 5.91 Å². The molecular formula is C27H33FN4O4. The molecule has 0 radical (unpaired) electrons. The smallest absolute Gasteiger partial charge is 0.254 e. The molecule has 3 saturated heterocycles. The topological polar surface area (TPSA) is 75.2 Å². The van der Waals surface area contributed by atoms with Gasteiger partial charge in [0, 0.05) is 69.8 Å². The number of hydrogen-bond donors (Lipinski definition) is 0. The van der Waals surface area contributed by atoms with Crippen LogP contribution in [-0.2, 0) is 9.53 Å². The fraction of sp³-hybridized carbons (Fsp3) is 0.519. The van der Waals surface area contributed by atoms with Gasteiger partial charge in [-0.25, -0.2) is 9.37 Å². The van der Waals surface area contributed by atoms with Gasteiger partial charge >= 0.3 is 0 Å². The zero-order valence-corrected chi connectivity index (χ0v) is 20.5. The van der Waals surface area contributed by atoms with Gasteiger partial charge in [-0.15, -0.1) is 0 Å². The van der Waals surface area contributed by atoms with E-state index in [0.717, 1.165) is 31.7 Å². The zero-order valence-electron chi connectivity index (χ0n) is 20.5. The second-order valence-corrected chi connectivity index (χ2v) is 9.70. The average Bonchev–Trinajstić information content (AvgIpc) is 3.46. The average molecular weight is 497 g/mol. The van der Waals surface area contributed by atoms with E-state index >= 15 is 0 Å². The van der Waals surface area contributed by atoms with Crippen molar-refractivity contribution in [1.29, 1.82) is 0 Å². The number of carbonyl (C=O) groups is 2. The highest BCUT2D eigenvalue weighted by Crippen LogP contribution is 2.28. The van der Waals surface area contributed by atoms with Crippen molar-refractivity contribution in [2.45, 2.75) is 31.8 Å². The van der Waals surface area contributed by atoms with E-state index in [4.69, 9.17) is 9.47 Å². The number of rotatable bonds is 6. The molecule has 0 N–H and O–H groups in total. The zero-order chi connectivity index (χ0) is 24.9. The summed E-state index contributed by atoms with van der Waals surface area (Å²) in [6.45, 7) is 5.10. The molecule has 2 aromatic rings. The van der Waals surface area contributed by atoms with Gasteiger partial charge in [-0.05, 0) is 49.2 Å². The maximum absolute atomic E-state index is 13.5. The largest absolute Gasteiger partial charge is 0.490 e. The number of pyridine rings is 1. The number of amides is 2. The highest BCUT2D eigenvalue weighted by Gasteiger charge is 2.36. The minimum absolute atomic E-state index is 0.0468. The Morgan fingerprint density at radius 3 is 2.50 bits per heavy atom. The second-order valence-electron chi connectivity index (χ2n) is 9.70. The van der Waals surface area contributed by atoms with Crippen LogP contribution in [0.15, 0.2) is 42.6 Å². The van der Waals surface area contributed by atoms with Crippen molar-refractivity contribution < 1.29 is 23.5 Å². The number of nitrogens with zero attached hydrogens (tertiary/aromatic N) is 4. The fourth-order valence-corrected chi connectivity index (χ4v) is 5.25. The maximum atomic E-state index is 13.5. The lowest BCUT2D eigenvalue weighted by atomic mass is 9.90. The molecule has 0 saturated carbocycles. The number of likely N-dealkylation sites (tertiary alicyclic amines) is 1. The van der Waals surface area contributed by atoms with E-state index in [1.165, 1.54) is 12.1 Å². The summed E-state index contributed by atoms with van der Waals surface area (Å²) in [5.41, 5.74) is 0.614. The molecule has 9 heteroatoms. The molecule has 5 rings (SSSR count). The number of anilines is 1. The molecule has 36 heavy (non-hydrogen) atoms. The third-order valence-electron chi connectivity index (χ3n) is 7.28.